The van der Waals surface area contributed by atoms with Crippen molar-refractivity contribution in [2.75, 3.05) is 0 Å². The molecule has 13 heavy (non-hydrogen) atoms. The van der Waals surface area contributed by atoms with Crippen LogP contribution in [-0.2, 0) is 6.54 Å². The first-order chi connectivity index (χ1) is 6.34. The topological polar surface area (TPSA) is 19.7 Å². The van der Waals surface area contributed by atoms with Gasteiger partial charge in [-0.25, -0.2) is 4.57 Å². The highest BCUT2D eigenvalue weighted by Gasteiger charge is 1.98. The Kier molecular flexibility index (Phi) is 2.13. The number of hydrogen-bond donors (Lipinski definition) is 1. The Bertz CT molecular complexity index is 359. The van der Waals surface area contributed by atoms with E-state index in [4.69, 9.17) is 0 Å². The quantitative estimate of drug-likeness (QED) is 0.666. The predicted molar refractivity (Wildman–Crippen MR) is 51.3 cm³/mol. The summed E-state index contributed by atoms with van der Waals surface area (Å²) < 4.78 is 2.12. The van der Waals surface area contributed by atoms with Crippen LogP contribution in [0.5, 0.6) is 0 Å². The lowest BCUT2D eigenvalue weighted by Gasteiger charge is -1.97. The zero-order valence-electron chi connectivity index (χ0n) is 7.70. The van der Waals surface area contributed by atoms with Gasteiger partial charge in [-0.3, -0.25) is 4.98 Å². The molecule has 0 aliphatic rings. The van der Waals surface area contributed by atoms with Gasteiger partial charge < -0.3 is 0 Å². The van der Waals surface area contributed by atoms with Crippen molar-refractivity contribution in [3.63, 3.8) is 0 Å². The lowest BCUT2D eigenvalue weighted by atomic mass is 10.1. The number of nitrogens with one attached hydrogen (secondary N) is 1. The molecular formula is C11H13N2+. The van der Waals surface area contributed by atoms with Crippen LogP contribution in [-0.4, -0.2) is 4.98 Å². The van der Waals surface area contributed by atoms with Crippen LogP contribution in [0.25, 0.3) is 0 Å². The highest BCUT2D eigenvalue weighted by atomic mass is 15.0. The molecule has 0 radical (unpaired) electrons. The molecule has 0 aliphatic heterocycles. The van der Waals surface area contributed by atoms with Gasteiger partial charge in [-0.2, -0.15) is 0 Å². The number of imidazole rings is 1. The van der Waals surface area contributed by atoms with Crippen LogP contribution < -0.4 is 4.57 Å². The highest BCUT2D eigenvalue weighted by Crippen LogP contribution is 2.01. The molecule has 0 atom stereocenters. The summed E-state index contributed by atoms with van der Waals surface area (Å²) in [4.78, 5) is 3.02. The van der Waals surface area contributed by atoms with Crippen molar-refractivity contribution in [3.05, 3.63) is 54.1 Å². The number of benzene rings is 1. The molecule has 1 aromatic heterocycles. The van der Waals surface area contributed by atoms with Gasteiger partial charge in [0, 0.05) is 0 Å². The van der Waals surface area contributed by atoms with Gasteiger partial charge in [0.25, 0.3) is 0 Å². The zero-order valence-corrected chi connectivity index (χ0v) is 7.70. The molecule has 2 heteroatoms. The van der Waals surface area contributed by atoms with Crippen LogP contribution in [0.4, 0.5) is 0 Å². The Morgan fingerprint density at radius 3 is 2.62 bits per heavy atom. The molecule has 2 nitrogen and oxygen atoms in total. The lowest BCUT2D eigenvalue weighted by molar-refractivity contribution is -0.687. The summed E-state index contributed by atoms with van der Waals surface area (Å²) in [5, 5.41) is 0. The van der Waals surface area contributed by atoms with E-state index in [1.165, 1.54) is 11.1 Å². The van der Waals surface area contributed by atoms with Crippen LogP contribution in [0.2, 0.25) is 0 Å². The van der Waals surface area contributed by atoms with Crippen molar-refractivity contribution in [1.82, 2.24) is 4.98 Å². The van der Waals surface area contributed by atoms with Gasteiger partial charge in [-0.15, -0.1) is 0 Å². The Balaban J connectivity index is 2.15. The van der Waals surface area contributed by atoms with E-state index in [9.17, 15) is 0 Å². The fraction of sp³-hybridized carbons (Fsp3) is 0.182. The fourth-order valence-corrected chi connectivity index (χ4v) is 1.32. The molecule has 0 spiro atoms. The van der Waals surface area contributed by atoms with E-state index in [-0.39, 0.29) is 0 Å². The number of aromatic amines is 1. The van der Waals surface area contributed by atoms with Crippen molar-refractivity contribution >= 4 is 0 Å². The molecule has 0 unspecified atom stereocenters. The number of rotatable bonds is 2. The minimum absolute atomic E-state index is 0.934. The Labute approximate surface area is 77.9 Å². The molecule has 0 saturated carbocycles. The third-order valence-corrected chi connectivity index (χ3v) is 2.09. The molecule has 0 fully saturated rings. The monoisotopic (exact) mass is 173 g/mol. The molecule has 1 N–H and O–H groups in total. The minimum atomic E-state index is 0.934. The Morgan fingerprint density at radius 2 is 2.00 bits per heavy atom. The average molecular weight is 173 g/mol. The van der Waals surface area contributed by atoms with Crippen LogP contribution in [0.3, 0.4) is 0 Å². The summed E-state index contributed by atoms with van der Waals surface area (Å²) in [6.07, 6.45) is 5.91. The van der Waals surface area contributed by atoms with Crippen molar-refractivity contribution in [2.24, 2.45) is 0 Å². The molecule has 2 aromatic rings. The van der Waals surface area contributed by atoms with Crippen LogP contribution in [0, 0.1) is 6.92 Å². The van der Waals surface area contributed by atoms with Crippen molar-refractivity contribution in [1.29, 1.82) is 0 Å². The highest BCUT2D eigenvalue weighted by molar-refractivity contribution is 5.20. The van der Waals surface area contributed by atoms with Crippen molar-refractivity contribution in [3.8, 4) is 0 Å². The van der Waals surface area contributed by atoms with E-state index >= 15 is 0 Å². The van der Waals surface area contributed by atoms with Gasteiger partial charge in [0.05, 0.1) is 0 Å². The normalized spacial score (nSPS) is 10.2. The maximum Gasteiger partial charge on any atom is 0.241 e. The largest absolute Gasteiger partial charge is 0.250 e. The third-order valence-electron chi connectivity index (χ3n) is 2.09. The van der Waals surface area contributed by atoms with Gasteiger partial charge in [-0.1, -0.05) is 29.8 Å². The predicted octanol–water partition coefficient (Wildman–Crippen LogP) is 1.66. The van der Waals surface area contributed by atoms with Gasteiger partial charge in [0.15, 0.2) is 0 Å². The molecule has 2 rings (SSSR count). The first-order valence-electron chi connectivity index (χ1n) is 4.42. The first kappa shape index (κ1) is 8.05. The summed E-state index contributed by atoms with van der Waals surface area (Å²) in [5.41, 5.74) is 2.64. The van der Waals surface area contributed by atoms with E-state index in [0.717, 1.165) is 6.54 Å². The van der Waals surface area contributed by atoms with Gasteiger partial charge in [0.1, 0.15) is 18.9 Å². The summed E-state index contributed by atoms with van der Waals surface area (Å²) in [5.74, 6) is 0. The number of aryl methyl sites for hydroxylation is 1. The second-order valence-corrected chi connectivity index (χ2v) is 3.27. The molecule has 0 bridgehead atoms. The number of hydrogen-bond acceptors (Lipinski definition) is 0. The zero-order chi connectivity index (χ0) is 9.10. The van der Waals surface area contributed by atoms with Gasteiger partial charge in [-0.05, 0) is 12.5 Å². The van der Waals surface area contributed by atoms with Gasteiger partial charge >= 0.3 is 0 Å². The molecule has 1 heterocycles. The number of aromatic nitrogens is 2. The standard InChI is InChI=1S/C11H12N2/c1-10-2-4-11(5-3-10)8-13-7-6-12-9-13/h2-7,9H,8H2,1H3/p+1. The van der Waals surface area contributed by atoms with Crippen LogP contribution in [0.15, 0.2) is 43.0 Å². The van der Waals surface area contributed by atoms with Crippen molar-refractivity contribution in [2.45, 2.75) is 13.5 Å². The SMILES string of the molecule is Cc1ccc(C[n+]2cc[nH]c2)cc1. The number of nitrogens with zero attached hydrogens (tertiary/aromatic N) is 1. The maximum absolute atomic E-state index is 3.02. The molecule has 66 valence electrons. The second kappa shape index (κ2) is 3.44. The van der Waals surface area contributed by atoms with E-state index in [1.807, 2.05) is 18.7 Å². The van der Waals surface area contributed by atoms with E-state index in [2.05, 4.69) is 40.7 Å². The van der Waals surface area contributed by atoms with Crippen LogP contribution >= 0.6 is 0 Å². The lowest BCUT2D eigenvalue weighted by Crippen LogP contribution is -2.30. The Morgan fingerprint density at radius 1 is 1.23 bits per heavy atom. The molecule has 0 amide bonds. The molecule has 1 aromatic carbocycles. The maximum atomic E-state index is 3.02. The van der Waals surface area contributed by atoms with E-state index in [1.54, 1.807) is 0 Å². The molecular weight excluding hydrogens is 160 g/mol. The fourth-order valence-electron chi connectivity index (χ4n) is 1.32. The molecule has 0 saturated heterocycles. The average Bonchev–Trinajstić information content (AvgIpc) is 2.62. The smallest absolute Gasteiger partial charge is 0.241 e. The summed E-state index contributed by atoms with van der Waals surface area (Å²) >= 11 is 0. The minimum Gasteiger partial charge on any atom is -0.250 e. The Hall–Kier alpha value is -1.57. The summed E-state index contributed by atoms with van der Waals surface area (Å²) in [6, 6.07) is 8.61. The van der Waals surface area contributed by atoms with Gasteiger partial charge in [0.2, 0.25) is 6.33 Å². The van der Waals surface area contributed by atoms with E-state index in [0.29, 0.717) is 0 Å². The second-order valence-electron chi connectivity index (χ2n) is 3.27. The summed E-state index contributed by atoms with van der Waals surface area (Å²) in [7, 11) is 0. The van der Waals surface area contributed by atoms with E-state index < -0.39 is 0 Å². The van der Waals surface area contributed by atoms with Crippen LogP contribution in [0.1, 0.15) is 11.1 Å². The molecule has 0 aliphatic carbocycles. The summed E-state index contributed by atoms with van der Waals surface area (Å²) in [6.45, 7) is 3.04. The number of H-pyrrole nitrogens is 1. The third kappa shape index (κ3) is 1.96. The first-order valence-corrected chi connectivity index (χ1v) is 4.42. The van der Waals surface area contributed by atoms with Crippen molar-refractivity contribution < 1.29 is 4.57 Å².